The van der Waals surface area contributed by atoms with Gasteiger partial charge in [0.05, 0.1) is 0 Å². The fraction of sp³-hybridized carbons (Fsp3) is 0.600. The van der Waals surface area contributed by atoms with Crippen molar-refractivity contribution in [1.29, 1.82) is 0 Å². The van der Waals surface area contributed by atoms with Gasteiger partial charge >= 0.3 is 0 Å². The summed E-state index contributed by atoms with van der Waals surface area (Å²) in [4.78, 5) is 0. The lowest BCUT2D eigenvalue weighted by Gasteiger charge is -2.08. The lowest BCUT2D eigenvalue weighted by Crippen LogP contribution is -2.22. The number of nitrogens with one attached hydrogen (secondary N) is 1. The number of hydrogen-bond acceptors (Lipinski definition) is 2. The predicted molar refractivity (Wildman–Crippen MR) is 73.6 cm³/mol. The molecule has 0 unspecified atom stereocenters. The normalized spacial score (nSPS) is 10.6. The first-order valence-electron chi connectivity index (χ1n) is 6.83. The van der Waals surface area contributed by atoms with Gasteiger partial charge in [0.2, 0.25) is 0 Å². The van der Waals surface area contributed by atoms with Crippen LogP contribution < -0.4 is 10.1 Å². The van der Waals surface area contributed by atoms with Gasteiger partial charge in [0.15, 0.2) is 0 Å². The molecule has 0 atom stereocenters. The number of hydrogen-bond donors (Lipinski definition) is 1. The Morgan fingerprint density at radius 3 is 2.72 bits per heavy atom. The van der Waals surface area contributed by atoms with E-state index >= 15 is 0 Å². The molecule has 0 aliphatic carbocycles. The van der Waals surface area contributed by atoms with Gasteiger partial charge in [-0.3, -0.25) is 0 Å². The van der Waals surface area contributed by atoms with E-state index in [1.165, 1.54) is 31.7 Å². The molecule has 0 radical (unpaired) electrons. The monoisotopic (exact) mass is 253 g/mol. The molecular formula is C15H24FNO. The molecule has 0 amide bonds. The molecule has 0 bridgehead atoms. The van der Waals surface area contributed by atoms with Crippen LogP contribution in [0.3, 0.4) is 0 Å². The third-order valence-electron chi connectivity index (χ3n) is 2.88. The zero-order chi connectivity index (χ0) is 13.2. The third-order valence-corrected chi connectivity index (χ3v) is 2.88. The molecule has 0 heterocycles. The first kappa shape index (κ1) is 15.0. The zero-order valence-corrected chi connectivity index (χ0v) is 11.5. The summed E-state index contributed by atoms with van der Waals surface area (Å²) < 4.78 is 18.6. The van der Waals surface area contributed by atoms with Gasteiger partial charge in [-0.2, -0.15) is 0 Å². The highest BCUT2D eigenvalue weighted by Gasteiger charge is 1.99. The van der Waals surface area contributed by atoms with Crippen molar-refractivity contribution in [1.82, 2.24) is 5.32 Å². The summed E-state index contributed by atoms with van der Waals surface area (Å²) in [7, 11) is 0. The van der Waals surface area contributed by atoms with Crippen LogP contribution in [0.15, 0.2) is 18.2 Å². The van der Waals surface area contributed by atoms with Gasteiger partial charge in [-0.25, -0.2) is 4.39 Å². The largest absolute Gasteiger partial charge is 0.492 e. The third kappa shape index (κ3) is 6.01. The van der Waals surface area contributed by atoms with E-state index in [0.717, 1.165) is 18.8 Å². The van der Waals surface area contributed by atoms with Gasteiger partial charge in [-0.05, 0) is 43.7 Å². The maximum atomic E-state index is 13.0. The van der Waals surface area contributed by atoms with Crippen LogP contribution in [0.2, 0.25) is 0 Å². The van der Waals surface area contributed by atoms with Crippen molar-refractivity contribution >= 4 is 0 Å². The van der Waals surface area contributed by atoms with Crippen molar-refractivity contribution in [3.8, 4) is 5.75 Å². The van der Waals surface area contributed by atoms with Gasteiger partial charge in [0, 0.05) is 6.54 Å². The Bertz CT molecular complexity index is 341. The van der Waals surface area contributed by atoms with Crippen LogP contribution in [0.1, 0.15) is 38.2 Å². The van der Waals surface area contributed by atoms with Crippen LogP contribution >= 0.6 is 0 Å². The second kappa shape index (κ2) is 8.92. The van der Waals surface area contributed by atoms with Crippen molar-refractivity contribution in [2.75, 3.05) is 19.7 Å². The molecule has 2 nitrogen and oxygen atoms in total. The molecule has 102 valence electrons. The average Bonchev–Trinajstić information content (AvgIpc) is 2.37. The SMILES string of the molecule is CCCCCCNCCOc1ccc(F)c(C)c1. The standard InChI is InChI=1S/C15H24FNO/c1-3-4-5-6-9-17-10-11-18-14-7-8-15(16)13(2)12-14/h7-8,12,17H,3-6,9-11H2,1-2H3. The van der Waals surface area contributed by atoms with E-state index < -0.39 is 0 Å². The van der Waals surface area contributed by atoms with Crippen LogP contribution in [-0.2, 0) is 0 Å². The quantitative estimate of drug-likeness (QED) is 0.678. The van der Waals surface area contributed by atoms with E-state index in [0.29, 0.717) is 12.2 Å². The fourth-order valence-electron chi connectivity index (χ4n) is 1.75. The van der Waals surface area contributed by atoms with E-state index in [9.17, 15) is 4.39 Å². The van der Waals surface area contributed by atoms with Crippen LogP contribution in [-0.4, -0.2) is 19.7 Å². The van der Waals surface area contributed by atoms with Gasteiger partial charge in [-0.15, -0.1) is 0 Å². The van der Waals surface area contributed by atoms with Gasteiger partial charge < -0.3 is 10.1 Å². The highest BCUT2D eigenvalue weighted by atomic mass is 19.1. The van der Waals surface area contributed by atoms with E-state index in [4.69, 9.17) is 4.74 Å². The molecule has 1 rings (SSSR count). The Morgan fingerprint density at radius 2 is 2.00 bits per heavy atom. The molecule has 3 heteroatoms. The smallest absolute Gasteiger partial charge is 0.126 e. The molecule has 0 aromatic heterocycles. The summed E-state index contributed by atoms with van der Waals surface area (Å²) in [6.45, 7) is 6.47. The molecule has 1 aromatic rings. The lowest BCUT2D eigenvalue weighted by atomic mass is 10.2. The van der Waals surface area contributed by atoms with E-state index in [2.05, 4.69) is 12.2 Å². The first-order chi connectivity index (χ1) is 8.74. The molecule has 0 fully saturated rings. The van der Waals surface area contributed by atoms with Crippen LogP contribution in [0, 0.1) is 12.7 Å². The number of aryl methyl sites for hydroxylation is 1. The second-order valence-corrected chi connectivity index (χ2v) is 4.57. The molecule has 0 spiro atoms. The minimum atomic E-state index is -0.184. The molecule has 0 saturated heterocycles. The van der Waals surface area contributed by atoms with Crippen molar-refractivity contribution in [2.45, 2.75) is 39.5 Å². The highest BCUT2D eigenvalue weighted by molar-refractivity contribution is 5.28. The number of ether oxygens (including phenoxy) is 1. The summed E-state index contributed by atoms with van der Waals surface area (Å²) in [6.07, 6.45) is 5.10. The predicted octanol–water partition coefficient (Wildman–Crippen LogP) is 3.68. The first-order valence-corrected chi connectivity index (χ1v) is 6.83. The maximum absolute atomic E-state index is 13.0. The Kier molecular flexibility index (Phi) is 7.42. The van der Waals surface area contributed by atoms with Crippen molar-refractivity contribution in [3.05, 3.63) is 29.6 Å². The van der Waals surface area contributed by atoms with Gasteiger partial charge in [-0.1, -0.05) is 26.2 Å². The highest BCUT2D eigenvalue weighted by Crippen LogP contribution is 2.15. The number of benzene rings is 1. The molecule has 0 aliphatic heterocycles. The Balaban J connectivity index is 2.05. The van der Waals surface area contributed by atoms with Crippen LogP contribution in [0.25, 0.3) is 0 Å². The Morgan fingerprint density at radius 1 is 1.17 bits per heavy atom. The molecule has 18 heavy (non-hydrogen) atoms. The average molecular weight is 253 g/mol. The molecule has 0 saturated carbocycles. The lowest BCUT2D eigenvalue weighted by molar-refractivity contribution is 0.313. The molecule has 1 N–H and O–H groups in total. The summed E-state index contributed by atoms with van der Waals surface area (Å²) >= 11 is 0. The number of halogens is 1. The van der Waals surface area contributed by atoms with E-state index in [1.807, 2.05) is 0 Å². The Labute approximate surface area is 110 Å². The minimum absolute atomic E-state index is 0.184. The van der Waals surface area contributed by atoms with Crippen molar-refractivity contribution in [3.63, 3.8) is 0 Å². The fourth-order valence-corrected chi connectivity index (χ4v) is 1.75. The minimum Gasteiger partial charge on any atom is -0.492 e. The van der Waals surface area contributed by atoms with Crippen LogP contribution in [0.5, 0.6) is 5.75 Å². The summed E-state index contributed by atoms with van der Waals surface area (Å²) in [5.74, 6) is 0.554. The molecular weight excluding hydrogens is 229 g/mol. The zero-order valence-electron chi connectivity index (χ0n) is 11.5. The summed E-state index contributed by atoms with van der Waals surface area (Å²) in [5, 5.41) is 3.34. The van der Waals surface area contributed by atoms with Crippen LogP contribution in [0.4, 0.5) is 4.39 Å². The van der Waals surface area contributed by atoms with Gasteiger partial charge in [0.1, 0.15) is 18.2 Å². The number of rotatable bonds is 9. The summed E-state index contributed by atoms with van der Waals surface area (Å²) in [6, 6.07) is 4.85. The van der Waals surface area contributed by atoms with E-state index in [-0.39, 0.29) is 5.82 Å². The topological polar surface area (TPSA) is 21.3 Å². The number of unbranched alkanes of at least 4 members (excludes halogenated alkanes) is 3. The van der Waals surface area contributed by atoms with Crippen molar-refractivity contribution in [2.24, 2.45) is 0 Å². The van der Waals surface area contributed by atoms with Gasteiger partial charge in [0.25, 0.3) is 0 Å². The van der Waals surface area contributed by atoms with Crippen molar-refractivity contribution < 1.29 is 9.13 Å². The van der Waals surface area contributed by atoms with E-state index in [1.54, 1.807) is 19.1 Å². The maximum Gasteiger partial charge on any atom is 0.126 e. The molecule has 1 aromatic carbocycles. The summed E-state index contributed by atoms with van der Waals surface area (Å²) in [5.41, 5.74) is 0.625. The second-order valence-electron chi connectivity index (χ2n) is 4.57. The molecule has 0 aliphatic rings. The Hall–Kier alpha value is -1.09.